The molecule has 1 aromatic heterocycles. The zero-order chi connectivity index (χ0) is 15.1. The summed E-state index contributed by atoms with van der Waals surface area (Å²) in [4.78, 5) is 16.0. The molecule has 0 unspecified atom stereocenters. The molecule has 8 heteroatoms. The maximum atomic E-state index is 12.8. The Morgan fingerprint density at radius 1 is 1.33 bits per heavy atom. The fourth-order valence-electron chi connectivity index (χ4n) is 2.26. The van der Waals surface area contributed by atoms with Gasteiger partial charge in [0, 0.05) is 0 Å². The van der Waals surface area contributed by atoms with Gasteiger partial charge in [-0.25, -0.2) is 5.10 Å². The molecule has 1 aromatic carbocycles. The molecule has 1 saturated carbocycles. The molecule has 110 valence electrons. The molecular weight excluding hydrogens is 285 g/mol. The summed E-state index contributed by atoms with van der Waals surface area (Å²) < 4.78 is 38.3. The van der Waals surface area contributed by atoms with E-state index in [0.29, 0.717) is 18.4 Å². The number of nitrogens with zero attached hydrogens (tertiary/aromatic N) is 2. The van der Waals surface area contributed by atoms with Crippen LogP contribution in [0.2, 0.25) is 0 Å². The highest BCUT2D eigenvalue weighted by Crippen LogP contribution is 2.49. The van der Waals surface area contributed by atoms with E-state index in [-0.39, 0.29) is 11.9 Å². The highest BCUT2D eigenvalue weighted by molar-refractivity contribution is 6.00. The van der Waals surface area contributed by atoms with Gasteiger partial charge in [0.15, 0.2) is 0 Å². The van der Waals surface area contributed by atoms with E-state index in [1.54, 1.807) is 6.07 Å². The number of hydrogen-bond acceptors (Lipinski definition) is 3. The summed E-state index contributed by atoms with van der Waals surface area (Å²) in [5.41, 5.74) is -1.29. The third-order valence-electron chi connectivity index (χ3n) is 3.57. The summed E-state index contributed by atoms with van der Waals surface area (Å²) in [5, 5.41) is 8.61. The van der Waals surface area contributed by atoms with Crippen molar-refractivity contribution in [3.8, 4) is 0 Å². The zero-order valence-corrected chi connectivity index (χ0v) is 10.7. The minimum absolute atomic E-state index is 0.179. The van der Waals surface area contributed by atoms with Crippen molar-refractivity contribution in [3.05, 3.63) is 41.7 Å². The summed E-state index contributed by atoms with van der Waals surface area (Å²) in [5.74, 6) is -0.197. The molecule has 3 rings (SSSR count). The molecule has 1 fully saturated rings. The summed E-state index contributed by atoms with van der Waals surface area (Å²) in [6.07, 6.45) is -2.17. The third kappa shape index (κ3) is 2.48. The van der Waals surface area contributed by atoms with E-state index in [1.165, 1.54) is 12.4 Å². The maximum absolute atomic E-state index is 12.8. The molecule has 21 heavy (non-hydrogen) atoms. The van der Waals surface area contributed by atoms with Gasteiger partial charge >= 0.3 is 6.18 Å². The first-order chi connectivity index (χ1) is 9.92. The second kappa shape index (κ2) is 4.57. The van der Waals surface area contributed by atoms with E-state index in [1.807, 2.05) is 0 Å². The molecule has 1 heterocycles. The fourth-order valence-corrected chi connectivity index (χ4v) is 2.26. The van der Waals surface area contributed by atoms with Crippen LogP contribution in [0.25, 0.3) is 0 Å². The monoisotopic (exact) mass is 296 g/mol. The van der Waals surface area contributed by atoms with Crippen molar-refractivity contribution < 1.29 is 18.0 Å². The van der Waals surface area contributed by atoms with E-state index in [4.69, 9.17) is 0 Å². The van der Waals surface area contributed by atoms with Gasteiger partial charge in [0.05, 0.1) is 11.0 Å². The van der Waals surface area contributed by atoms with Crippen molar-refractivity contribution in [2.45, 2.75) is 24.4 Å². The molecule has 1 aliphatic rings. The van der Waals surface area contributed by atoms with Crippen LogP contribution in [0.5, 0.6) is 0 Å². The predicted molar refractivity (Wildman–Crippen MR) is 67.4 cm³/mol. The van der Waals surface area contributed by atoms with E-state index < -0.39 is 17.2 Å². The van der Waals surface area contributed by atoms with Crippen molar-refractivity contribution >= 4 is 11.9 Å². The number of aromatic nitrogens is 3. The van der Waals surface area contributed by atoms with Crippen LogP contribution >= 0.6 is 0 Å². The fraction of sp³-hybridized carbons (Fsp3) is 0.308. The number of nitrogens with one attached hydrogen (secondary N) is 2. The zero-order valence-electron chi connectivity index (χ0n) is 10.7. The minimum Gasteiger partial charge on any atom is -0.294 e. The van der Waals surface area contributed by atoms with Crippen LogP contribution in [-0.2, 0) is 16.4 Å². The molecule has 5 nitrogen and oxygen atoms in total. The van der Waals surface area contributed by atoms with E-state index in [0.717, 1.165) is 12.1 Å². The third-order valence-corrected chi connectivity index (χ3v) is 3.57. The van der Waals surface area contributed by atoms with Crippen molar-refractivity contribution in [2.75, 3.05) is 5.32 Å². The lowest BCUT2D eigenvalue weighted by molar-refractivity contribution is -0.137. The Kier molecular flexibility index (Phi) is 2.96. The lowest BCUT2D eigenvalue weighted by Crippen LogP contribution is -2.28. The van der Waals surface area contributed by atoms with Gasteiger partial charge in [-0.1, -0.05) is 18.2 Å². The highest BCUT2D eigenvalue weighted by atomic mass is 19.4. The largest absolute Gasteiger partial charge is 0.416 e. The Morgan fingerprint density at radius 2 is 2.10 bits per heavy atom. The summed E-state index contributed by atoms with van der Waals surface area (Å²) >= 11 is 0. The van der Waals surface area contributed by atoms with E-state index >= 15 is 0 Å². The molecule has 0 saturated heterocycles. The Hall–Kier alpha value is -2.38. The van der Waals surface area contributed by atoms with Crippen LogP contribution in [0.15, 0.2) is 30.6 Å². The first-order valence-electron chi connectivity index (χ1n) is 6.26. The van der Waals surface area contributed by atoms with Gasteiger partial charge < -0.3 is 0 Å². The van der Waals surface area contributed by atoms with Crippen LogP contribution in [0.3, 0.4) is 0 Å². The van der Waals surface area contributed by atoms with Gasteiger partial charge in [0.2, 0.25) is 11.9 Å². The number of halogens is 3. The van der Waals surface area contributed by atoms with Crippen LogP contribution in [0.4, 0.5) is 19.1 Å². The first-order valence-corrected chi connectivity index (χ1v) is 6.26. The Balaban J connectivity index is 1.87. The smallest absolute Gasteiger partial charge is 0.294 e. The maximum Gasteiger partial charge on any atom is 0.416 e. The van der Waals surface area contributed by atoms with E-state index in [2.05, 4.69) is 20.5 Å². The molecule has 0 bridgehead atoms. The number of aromatic amines is 1. The van der Waals surface area contributed by atoms with Crippen LogP contribution in [-0.4, -0.2) is 21.1 Å². The quantitative estimate of drug-likeness (QED) is 0.914. The van der Waals surface area contributed by atoms with Crippen LogP contribution in [0.1, 0.15) is 24.0 Å². The number of benzene rings is 1. The number of H-pyrrole nitrogens is 1. The van der Waals surface area contributed by atoms with Gasteiger partial charge in [0.1, 0.15) is 6.33 Å². The Morgan fingerprint density at radius 3 is 2.67 bits per heavy atom. The molecule has 1 aliphatic carbocycles. The first kappa shape index (κ1) is 13.6. The number of amides is 1. The van der Waals surface area contributed by atoms with Gasteiger partial charge in [-0.05, 0) is 24.5 Å². The van der Waals surface area contributed by atoms with Crippen molar-refractivity contribution in [1.29, 1.82) is 0 Å². The molecule has 0 aliphatic heterocycles. The van der Waals surface area contributed by atoms with Gasteiger partial charge in [0.25, 0.3) is 0 Å². The number of alkyl halides is 3. The molecule has 0 radical (unpaired) electrons. The Bertz CT molecular complexity index is 662. The van der Waals surface area contributed by atoms with Gasteiger partial charge in [-0.15, -0.1) is 0 Å². The molecule has 2 N–H and O–H groups in total. The van der Waals surface area contributed by atoms with Crippen molar-refractivity contribution in [3.63, 3.8) is 0 Å². The molecular formula is C13H11F3N4O. The van der Waals surface area contributed by atoms with Crippen LogP contribution in [0, 0.1) is 0 Å². The van der Waals surface area contributed by atoms with Gasteiger partial charge in [-0.3, -0.25) is 10.1 Å². The summed E-state index contributed by atoms with van der Waals surface area (Å²) in [6, 6.07) is 4.89. The number of rotatable bonds is 3. The predicted octanol–water partition coefficient (Wildman–Crippen LogP) is 2.49. The number of carbonyl (C=O) groups excluding carboxylic acids is 1. The average Bonchev–Trinajstić information content (AvgIpc) is 3.11. The standard InChI is InChI=1S/C13H11F3N4O/c14-13(15,16)9-3-1-2-8(6-9)12(4-5-12)10(21)19-11-17-7-18-20-11/h1-3,6-7H,4-5H2,(H2,17,18,19,20,21). The number of anilines is 1. The van der Waals surface area contributed by atoms with E-state index in [9.17, 15) is 18.0 Å². The SMILES string of the molecule is O=C(Nc1ncn[nH]1)C1(c2cccc(C(F)(F)F)c2)CC1. The molecule has 0 atom stereocenters. The topological polar surface area (TPSA) is 70.7 Å². The number of carbonyl (C=O) groups is 1. The summed E-state index contributed by atoms with van der Waals surface area (Å²) in [7, 11) is 0. The second-order valence-electron chi connectivity index (χ2n) is 4.95. The lowest BCUT2D eigenvalue weighted by atomic mass is 9.93. The van der Waals surface area contributed by atoms with Crippen molar-refractivity contribution in [1.82, 2.24) is 15.2 Å². The minimum atomic E-state index is -4.42. The number of hydrogen-bond donors (Lipinski definition) is 2. The van der Waals surface area contributed by atoms with Gasteiger partial charge in [-0.2, -0.15) is 23.3 Å². The summed E-state index contributed by atoms with van der Waals surface area (Å²) in [6.45, 7) is 0. The Labute approximate surface area is 117 Å². The molecule has 1 amide bonds. The highest BCUT2D eigenvalue weighted by Gasteiger charge is 2.52. The molecule has 0 spiro atoms. The average molecular weight is 296 g/mol. The molecule has 2 aromatic rings. The van der Waals surface area contributed by atoms with Crippen molar-refractivity contribution in [2.24, 2.45) is 0 Å². The second-order valence-corrected chi connectivity index (χ2v) is 4.95. The lowest BCUT2D eigenvalue weighted by Gasteiger charge is -2.16. The normalized spacial score (nSPS) is 16.5. The van der Waals surface area contributed by atoms with Crippen LogP contribution < -0.4 is 5.32 Å².